The Kier molecular flexibility index (Phi) is 7.79. The molecule has 0 spiro atoms. The Bertz CT molecular complexity index is 1690. The fourth-order valence-corrected chi connectivity index (χ4v) is 6.32. The number of halogens is 1. The van der Waals surface area contributed by atoms with Crippen LogP contribution < -0.4 is 5.56 Å². The lowest BCUT2D eigenvalue weighted by molar-refractivity contribution is 0.0925. The Balaban J connectivity index is 1.66. The molecule has 0 saturated carbocycles. The number of ether oxygens (including phenoxy) is 2. The summed E-state index contributed by atoms with van der Waals surface area (Å²) < 4.78 is 54.1. The third-order valence-electron chi connectivity index (χ3n) is 7.01. The fourth-order valence-electron chi connectivity index (χ4n) is 4.98. The molecule has 1 aliphatic rings. The van der Waals surface area contributed by atoms with E-state index in [4.69, 9.17) is 9.47 Å². The van der Waals surface area contributed by atoms with Gasteiger partial charge >= 0.3 is 0 Å². The quantitative estimate of drug-likeness (QED) is 0.313. The average molecular weight is 566 g/mol. The largest absolute Gasteiger partial charge is 0.493 e. The molecule has 3 heterocycles. The summed E-state index contributed by atoms with van der Waals surface area (Å²) >= 11 is 0. The first-order valence-electron chi connectivity index (χ1n) is 12.7. The zero-order chi connectivity index (χ0) is 28.4. The van der Waals surface area contributed by atoms with E-state index >= 15 is 0 Å². The van der Waals surface area contributed by atoms with Gasteiger partial charge in [0, 0.05) is 25.5 Å². The van der Waals surface area contributed by atoms with Gasteiger partial charge < -0.3 is 14.6 Å². The van der Waals surface area contributed by atoms with Crippen LogP contribution in [0.1, 0.15) is 41.9 Å². The molecule has 2 aromatic heterocycles. The number of rotatable bonds is 8. The van der Waals surface area contributed by atoms with Crippen LogP contribution in [0.5, 0.6) is 5.88 Å². The topological polar surface area (TPSA) is 121 Å². The van der Waals surface area contributed by atoms with E-state index in [1.807, 2.05) is 30.3 Å². The maximum Gasteiger partial charge on any atom is 0.296 e. The van der Waals surface area contributed by atoms with E-state index in [1.165, 1.54) is 42.1 Å². The summed E-state index contributed by atoms with van der Waals surface area (Å²) in [6.07, 6.45) is 2.02. The molecule has 5 rings (SSSR count). The number of hydrogen-bond acceptors (Lipinski definition) is 8. The predicted octanol–water partition coefficient (Wildman–Crippen LogP) is 4.38. The van der Waals surface area contributed by atoms with Crippen LogP contribution in [0.3, 0.4) is 0 Å². The second-order valence-corrected chi connectivity index (χ2v) is 11.4. The lowest BCUT2D eigenvalue weighted by atomic mass is 10.0. The van der Waals surface area contributed by atoms with Crippen LogP contribution in [0.15, 0.2) is 81.4 Å². The summed E-state index contributed by atoms with van der Waals surface area (Å²) in [4.78, 5) is 20.0. The molecule has 0 radical (unpaired) electrons. The van der Waals surface area contributed by atoms with E-state index in [1.54, 1.807) is 13.0 Å². The third kappa shape index (κ3) is 5.03. The number of aromatic hydroxyl groups is 1. The average Bonchev–Trinajstić information content (AvgIpc) is 3.49. The SMILES string of the molecule is COCC(c1ccccc1)n1c(C2CCCO2)nc(=O)c(S(=O)(=O)c2ccc(-c3ccnc(F)c3C)cc2)c1O. The van der Waals surface area contributed by atoms with Crippen molar-refractivity contribution < 1.29 is 27.4 Å². The van der Waals surface area contributed by atoms with E-state index in [-0.39, 0.29) is 17.3 Å². The van der Waals surface area contributed by atoms with Gasteiger partial charge in [0.05, 0.1) is 17.5 Å². The van der Waals surface area contributed by atoms with Crippen molar-refractivity contribution in [3.05, 3.63) is 100 Å². The summed E-state index contributed by atoms with van der Waals surface area (Å²) in [6.45, 7) is 2.10. The summed E-state index contributed by atoms with van der Waals surface area (Å²) in [7, 11) is -3.03. The second-order valence-electron chi connectivity index (χ2n) is 9.48. The molecule has 1 saturated heterocycles. The zero-order valence-electron chi connectivity index (χ0n) is 22.0. The van der Waals surface area contributed by atoms with Gasteiger partial charge in [0.2, 0.25) is 21.7 Å². The minimum atomic E-state index is -4.52. The van der Waals surface area contributed by atoms with Gasteiger partial charge in [-0.05, 0) is 54.7 Å². The first-order valence-corrected chi connectivity index (χ1v) is 14.2. The van der Waals surface area contributed by atoms with Crippen molar-refractivity contribution in [1.82, 2.24) is 14.5 Å². The number of sulfone groups is 1. The highest BCUT2D eigenvalue weighted by atomic mass is 32.2. The van der Waals surface area contributed by atoms with Crippen molar-refractivity contribution in [2.45, 2.75) is 41.7 Å². The molecular formula is C29H28FN3O6S. The van der Waals surface area contributed by atoms with Gasteiger partial charge in [0.25, 0.3) is 5.56 Å². The van der Waals surface area contributed by atoms with Crippen molar-refractivity contribution in [3.8, 4) is 17.0 Å². The van der Waals surface area contributed by atoms with Crippen LogP contribution in [0.2, 0.25) is 0 Å². The van der Waals surface area contributed by atoms with Crippen molar-refractivity contribution >= 4 is 9.84 Å². The highest BCUT2D eigenvalue weighted by Crippen LogP contribution is 2.37. The minimum absolute atomic E-state index is 0.0673. The number of nitrogens with zero attached hydrogens (tertiary/aromatic N) is 3. The number of methoxy groups -OCH3 is 1. The maximum absolute atomic E-state index is 14.0. The van der Waals surface area contributed by atoms with Crippen LogP contribution in [0.4, 0.5) is 4.39 Å². The van der Waals surface area contributed by atoms with Gasteiger partial charge in [-0.15, -0.1) is 0 Å². The summed E-state index contributed by atoms with van der Waals surface area (Å²) in [6, 6.07) is 15.7. The standard InChI is InChI=1S/C29H28FN3O6S/c1-18-22(14-15-31-26(18)30)19-10-12-21(13-11-19)40(36,37)25-28(34)32-27(24-9-6-16-39-24)33(29(25)35)23(17-38-2)20-7-4-3-5-8-20/h3-5,7-8,10-15,23-24,35H,6,9,16-17H2,1-2H3. The molecule has 208 valence electrons. The number of benzene rings is 2. The van der Waals surface area contributed by atoms with Crippen LogP contribution >= 0.6 is 0 Å². The van der Waals surface area contributed by atoms with E-state index in [0.717, 1.165) is 12.0 Å². The van der Waals surface area contributed by atoms with Crippen molar-refractivity contribution in [3.63, 3.8) is 0 Å². The normalized spacial score (nSPS) is 16.2. The lowest BCUT2D eigenvalue weighted by Crippen LogP contribution is -2.30. The molecule has 0 aliphatic carbocycles. The molecule has 1 fully saturated rings. The Labute approximate surface area is 230 Å². The van der Waals surface area contributed by atoms with E-state index in [2.05, 4.69) is 9.97 Å². The van der Waals surface area contributed by atoms with Crippen molar-refractivity contribution in [2.24, 2.45) is 0 Å². The summed E-state index contributed by atoms with van der Waals surface area (Å²) in [5.41, 5.74) is 1.07. The number of pyridine rings is 1. The van der Waals surface area contributed by atoms with Gasteiger partial charge in [0.15, 0.2) is 4.90 Å². The molecule has 2 aromatic carbocycles. The van der Waals surface area contributed by atoms with Crippen LogP contribution in [-0.4, -0.2) is 48.4 Å². The molecule has 40 heavy (non-hydrogen) atoms. The van der Waals surface area contributed by atoms with Gasteiger partial charge in [-0.2, -0.15) is 9.37 Å². The minimum Gasteiger partial charge on any atom is -0.493 e. The second kappa shape index (κ2) is 11.3. The molecule has 4 aromatic rings. The van der Waals surface area contributed by atoms with Gasteiger partial charge in [-0.25, -0.2) is 13.4 Å². The molecule has 0 bridgehead atoms. The molecule has 11 heteroatoms. The number of hydrogen-bond donors (Lipinski definition) is 1. The molecule has 9 nitrogen and oxygen atoms in total. The highest BCUT2D eigenvalue weighted by Gasteiger charge is 2.35. The molecular weight excluding hydrogens is 537 g/mol. The van der Waals surface area contributed by atoms with Crippen LogP contribution in [-0.2, 0) is 19.3 Å². The first kappa shape index (κ1) is 27.6. The Morgan fingerprint density at radius 1 is 1.15 bits per heavy atom. The molecule has 1 aliphatic heterocycles. The Hall–Kier alpha value is -3.93. The smallest absolute Gasteiger partial charge is 0.296 e. The van der Waals surface area contributed by atoms with Crippen molar-refractivity contribution in [2.75, 3.05) is 20.3 Å². The maximum atomic E-state index is 14.0. The van der Waals surface area contributed by atoms with E-state index in [9.17, 15) is 22.7 Å². The highest BCUT2D eigenvalue weighted by molar-refractivity contribution is 7.91. The fraction of sp³-hybridized carbons (Fsp3) is 0.276. The molecule has 2 unspecified atom stereocenters. The first-order chi connectivity index (χ1) is 19.2. The third-order valence-corrected chi connectivity index (χ3v) is 8.80. The Morgan fingerprint density at radius 3 is 2.52 bits per heavy atom. The zero-order valence-corrected chi connectivity index (χ0v) is 22.8. The van der Waals surface area contributed by atoms with Crippen molar-refractivity contribution in [1.29, 1.82) is 0 Å². The molecule has 1 N–H and O–H groups in total. The Morgan fingerprint density at radius 2 is 1.88 bits per heavy atom. The van der Waals surface area contributed by atoms with E-state index in [0.29, 0.717) is 29.7 Å². The molecule has 2 atom stereocenters. The van der Waals surface area contributed by atoms with Crippen LogP contribution in [0, 0.1) is 12.9 Å². The van der Waals surface area contributed by atoms with Gasteiger partial charge in [0.1, 0.15) is 11.9 Å². The lowest BCUT2D eigenvalue weighted by Gasteiger charge is -2.27. The predicted molar refractivity (Wildman–Crippen MR) is 144 cm³/mol. The monoisotopic (exact) mass is 565 g/mol. The molecule has 0 amide bonds. The van der Waals surface area contributed by atoms with E-state index < -0.39 is 44.3 Å². The summed E-state index contributed by atoms with van der Waals surface area (Å²) in [5.74, 6) is -1.23. The van der Waals surface area contributed by atoms with Gasteiger partial charge in [-0.1, -0.05) is 42.5 Å². The number of aromatic nitrogens is 3. The van der Waals surface area contributed by atoms with Crippen LogP contribution in [0.25, 0.3) is 11.1 Å². The summed E-state index contributed by atoms with van der Waals surface area (Å²) in [5, 5.41) is 11.5. The van der Waals surface area contributed by atoms with Gasteiger partial charge in [-0.3, -0.25) is 9.36 Å².